The summed E-state index contributed by atoms with van der Waals surface area (Å²) in [7, 11) is 0. The number of carbonyl (C=O) groups excluding carboxylic acids is 1. The molecule has 3 aromatic carbocycles. The van der Waals surface area contributed by atoms with Crippen LogP contribution in [0.15, 0.2) is 82.4 Å². The van der Waals surface area contributed by atoms with Crippen molar-refractivity contribution in [2.45, 2.75) is 23.5 Å². The first kappa shape index (κ1) is 24.5. The van der Waals surface area contributed by atoms with Crippen LogP contribution < -0.4 is 0 Å². The molecule has 0 aliphatic carbocycles. The van der Waals surface area contributed by atoms with E-state index in [4.69, 9.17) is 11.6 Å². The summed E-state index contributed by atoms with van der Waals surface area (Å²) in [6.07, 6.45) is -4.60. The summed E-state index contributed by atoms with van der Waals surface area (Å²) >= 11 is 10.5. The molecule has 4 nitrogen and oxygen atoms in total. The van der Waals surface area contributed by atoms with Crippen molar-refractivity contribution in [1.82, 2.24) is 14.8 Å². The van der Waals surface area contributed by atoms with Gasteiger partial charge in [-0.2, -0.15) is 13.2 Å². The number of halogens is 5. The number of rotatable bonds is 6. The van der Waals surface area contributed by atoms with E-state index in [9.17, 15) is 18.0 Å². The van der Waals surface area contributed by atoms with E-state index in [1.165, 1.54) is 22.8 Å². The minimum Gasteiger partial charge on any atom is -0.293 e. The third-order valence-corrected chi connectivity index (χ3v) is 6.75. The number of Topliss-reactive ketones (excluding diaryl/α,β-unsaturated/α-hetero) is 1. The minimum atomic E-state index is -4.60. The Kier molecular flexibility index (Phi) is 7.16. The van der Waals surface area contributed by atoms with Crippen LogP contribution in [-0.2, 0) is 6.18 Å². The van der Waals surface area contributed by atoms with Crippen LogP contribution in [0, 0.1) is 0 Å². The first-order chi connectivity index (χ1) is 16.1. The zero-order valence-corrected chi connectivity index (χ0v) is 20.7. The van der Waals surface area contributed by atoms with Crippen LogP contribution in [0.25, 0.3) is 17.1 Å². The third kappa shape index (κ3) is 5.21. The maximum absolute atomic E-state index is 13.9. The molecule has 0 aliphatic rings. The van der Waals surface area contributed by atoms with Gasteiger partial charge in [-0.05, 0) is 43.3 Å². The number of hydrogen-bond donors (Lipinski definition) is 0. The molecule has 174 valence electrons. The maximum atomic E-state index is 13.9. The van der Waals surface area contributed by atoms with Gasteiger partial charge in [0, 0.05) is 20.6 Å². The van der Waals surface area contributed by atoms with Crippen LogP contribution in [0.3, 0.4) is 0 Å². The molecular formula is C24H16BrClF3N3OS. The van der Waals surface area contributed by atoms with E-state index >= 15 is 0 Å². The molecule has 1 aromatic heterocycles. The maximum Gasteiger partial charge on any atom is 0.418 e. The van der Waals surface area contributed by atoms with Gasteiger partial charge in [-0.1, -0.05) is 75.7 Å². The van der Waals surface area contributed by atoms with Crippen LogP contribution >= 0.6 is 39.3 Å². The molecule has 0 amide bonds. The fraction of sp³-hybridized carbons (Fsp3) is 0.125. The van der Waals surface area contributed by atoms with E-state index in [2.05, 4.69) is 26.1 Å². The predicted octanol–water partition coefficient (Wildman–Crippen LogP) is 7.73. The summed E-state index contributed by atoms with van der Waals surface area (Å²) in [5.74, 6) is 0.00505. The van der Waals surface area contributed by atoms with Crippen molar-refractivity contribution in [2.24, 2.45) is 0 Å². The fourth-order valence-corrected chi connectivity index (χ4v) is 4.74. The molecule has 0 radical (unpaired) electrons. The predicted molar refractivity (Wildman–Crippen MR) is 131 cm³/mol. The molecule has 0 saturated carbocycles. The second-order valence-electron chi connectivity index (χ2n) is 7.30. The third-order valence-electron chi connectivity index (χ3n) is 4.95. The highest BCUT2D eigenvalue weighted by Crippen LogP contribution is 2.38. The lowest BCUT2D eigenvalue weighted by Crippen LogP contribution is -2.16. The molecule has 4 aromatic rings. The Morgan fingerprint density at radius 1 is 1.03 bits per heavy atom. The Hall–Kier alpha value is -2.62. The zero-order chi connectivity index (χ0) is 24.5. The van der Waals surface area contributed by atoms with Gasteiger partial charge in [0.15, 0.2) is 16.8 Å². The molecular weight excluding hydrogens is 551 g/mol. The summed E-state index contributed by atoms with van der Waals surface area (Å²) < 4.78 is 43.8. The molecule has 0 spiro atoms. The van der Waals surface area contributed by atoms with E-state index in [1.807, 2.05) is 0 Å². The van der Waals surface area contributed by atoms with Crippen molar-refractivity contribution in [3.63, 3.8) is 0 Å². The highest BCUT2D eigenvalue weighted by molar-refractivity contribution is 9.10. The number of thioether (sulfide) groups is 1. The lowest BCUT2D eigenvalue weighted by molar-refractivity contribution is -0.137. The molecule has 0 aliphatic heterocycles. The summed E-state index contributed by atoms with van der Waals surface area (Å²) in [6.45, 7) is 1.68. The number of aromatic nitrogens is 3. The molecule has 0 fully saturated rings. The topological polar surface area (TPSA) is 47.8 Å². The molecule has 1 atom stereocenters. The molecule has 0 unspecified atom stereocenters. The molecule has 10 heteroatoms. The van der Waals surface area contributed by atoms with Gasteiger partial charge >= 0.3 is 6.18 Å². The van der Waals surface area contributed by atoms with Crippen molar-refractivity contribution in [3.05, 3.63) is 93.4 Å². The Balaban J connectivity index is 1.82. The summed E-state index contributed by atoms with van der Waals surface area (Å²) in [4.78, 5) is 13.0. The lowest BCUT2D eigenvalue weighted by atomic mass is 10.1. The normalized spacial score (nSPS) is 12.5. The Bertz CT molecular complexity index is 1340. The SMILES string of the molecule is C[C@H](Sc1nnc(-c2cccc(Cl)c2)n1-c1ccccc1C(F)(F)F)C(=O)c1ccc(Br)cc1. The van der Waals surface area contributed by atoms with Crippen LogP contribution in [0.1, 0.15) is 22.8 Å². The van der Waals surface area contributed by atoms with Crippen molar-refractivity contribution in [1.29, 1.82) is 0 Å². The first-order valence-electron chi connectivity index (χ1n) is 9.99. The lowest BCUT2D eigenvalue weighted by Gasteiger charge is -2.17. The van der Waals surface area contributed by atoms with Gasteiger partial charge in [0.25, 0.3) is 0 Å². The standard InChI is InChI=1S/C24H16BrClF3N3OS/c1-14(21(33)15-9-11-17(25)12-10-15)34-23-31-30-22(16-5-4-6-18(26)13-16)32(23)20-8-3-2-7-19(20)24(27,28)29/h2-14H,1H3/t14-/m0/s1. The van der Waals surface area contributed by atoms with Crippen molar-refractivity contribution >= 4 is 45.1 Å². The zero-order valence-electron chi connectivity index (χ0n) is 17.6. The number of carbonyl (C=O) groups is 1. The molecule has 4 rings (SSSR count). The largest absolute Gasteiger partial charge is 0.418 e. The molecule has 0 N–H and O–H groups in total. The Labute approximate surface area is 211 Å². The quantitative estimate of drug-likeness (QED) is 0.177. The van der Waals surface area contributed by atoms with Crippen LogP contribution in [-0.4, -0.2) is 25.8 Å². The summed E-state index contributed by atoms with van der Waals surface area (Å²) in [6, 6.07) is 18.7. The summed E-state index contributed by atoms with van der Waals surface area (Å²) in [5, 5.41) is 8.26. The average Bonchev–Trinajstić information content (AvgIpc) is 3.22. The number of nitrogens with zero attached hydrogens (tertiary/aromatic N) is 3. The smallest absolute Gasteiger partial charge is 0.293 e. The van der Waals surface area contributed by atoms with Gasteiger partial charge in [-0.15, -0.1) is 10.2 Å². The van der Waals surface area contributed by atoms with Crippen LogP contribution in [0.2, 0.25) is 5.02 Å². The Morgan fingerprint density at radius 3 is 2.41 bits per heavy atom. The van der Waals surface area contributed by atoms with Crippen molar-refractivity contribution in [3.8, 4) is 17.1 Å². The van der Waals surface area contributed by atoms with Gasteiger partial charge < -0.3 is 0 Å². The van der Waals surface area contributed by atoms with Gasteiger partial charge in [0.05, 0.1) is 16.5 Å². The second kappa shape index (κ2) is 9.93. The van der Waals surface area contributed by atoms with Gasteiger partial charge in [-0.3, -0.25) is 9.36 Å². The van der Waals surface area contributed by atoms with Gasteiger partial charge in [-0.25, -0.2) is 0 Å². The number of para-hydroxylation sites is 1. The summed E-state index contributed by atoms with van der Waals surface area (Å²) in [5.41, 5.74) is 0.00308. The second-order valence-corrected chi connectivity index (χ2v) is 9.96. The molecule has 0 bridgehead atoms. The van der Waals surface area contributed by atoms with E-state index in [-0.39, 0.29) is 22.5 Å². The van der Waals surface area contributed by atoms with Crippen LogP contribution in [0.4, 0.5) is 13.2 Å². The minimum absolute atomic E-state index is 0.138. The number of ketones is 1. The highest BCUT2D eigenvalue weighted by atomic mass is 79.9. The highest BCUT2D eigenvalue weighted by Gasteiger charge is 2.35. The molecule has 1 heterocycles. The Morgan fingerprint density at radius 2 is 1.74 bits per heavy atom. The van der Waals surface area contributed by atoms with E-state index < -0.39 is 17.0 Å². The van der Waals surface area contributed by atoms with Gasteiger partial charge in [0.1, 0.15) is 0 Å². The number of benzene rings is 3. The van der Waals surface area contributed by atoms with Gasteiger partial charge in [0.2, 0.25) is 0 Å². The van der Waals surface area contributed by atoms with E-state index in [1.54, 1.807) is 55.5 Å². The van der Waals surface area contributed by atoms with E-state index in [0.717, 1.165) is 22.3 Å². The molecule has 0 saturated heterocycles. The van der Waals surface area contributed by atoms with Crippen molar-refractivity contribution < 1.29 is 18.0 Å². The molecule has 34 heavy (non-hydrogen) atoms. The van der Waals surface area contributed by atoms with Crippen LogP contribution in [0.5, 0.6) is 0 Å². The number of alkyl halides is 3. The van der Waals surface area contributed by atoms with Crippen molar-refractivity contribution in [2.75, 3.05) is 0 Å². The van der Waals surface area contributed by atoms with E-state index in [0.29, 0.717) is 16.1 Å². The number of hydrogen-bond acceptors (Lipinski definition) is 4. The monoisotopic (exact) mass is 565 g/mol. The first-order valence-corrected chi connectivity index (χ1v) is 12.0. The average molecular weight is 567 g/mol. The fourth-order valence-electron chi connectivity index (χ4n) is 3.35.